The van der Waals surface area contributed by atoms with Crippen LogP contribution in [0.1, 0.15) is 39.5 Å². The van der Waals surface area contributed by atoms with Crippen LogP contribution in [-0.4, -0.2) is 0 Å². The average Bonchev–Trinajstić information content (AvgIpc) is 2.17. The monoisotopic (exact) mass is 177 g/mol. The summed E-state index contributed by atoms with van der Waals surface area (Å²) < 4.78 is 0. The van der Waals surface area contributed by atoms with Crippen molar-refractivity contribution in [2.75, 3.05) is 0 Å². The van der Waals surface area contributed by atoms with Gasteiger partial charge < -0.3 is 0 Å². The molecule has 72 valence electrons. The van der Waals surface area contributed by atoms with Gasteiger partial charge in [0.15, 0.2) is 0 Å². The van der Waals surface area contributed by atoms with Crippen LogP contribution in [-0.2, 0) is 0 Å². The second-order valence-corrected chi connectivity index (χ2v) is 3.31. The van der Waals surface area contributed by atoms with E-state index in [0.29, 0.717) is 0 Å². The molecule has 0 heterocycles. The van der Waals surface area contributed by atoms with Crippen molar-refractivity contribution in [3.8, 4) is 6.07 Å². The van der Waals surface area contributed by atoms with Crippen molar-refractivity contribution in [3.05, 3.63) is 24.8 Å². The maximum Gasteiger partial charge on any atom is 0.0785 e. The maximum absolute atomic E-state index is 9.05. The van der Waals surface area contributed by atoms with Crippen molar-refractivity contribution in [1.29, 1.82) is 5.26 Å². The van der Waals surface area contributed by atoms with Crippen LogP contribution < -0.4 is 0 Å². The molecule has 0 saturated carbocycles. The Labute approximate surface area is 81.8 Å². The third-order valence-electron chi connectivity index (χ3n) is 2.19. The Hall–Kier alpha value is -1.03. The molecule has 0 amide bonds. The van der Waals surface area contributed by atoms with Gasteiger partial charge in [0.25, 0.3) is 0 Å². The number of nitriles is 1. The highest BCUT2D eigenvalue weighted by Gasteiger charge is 2.22. The van der Waals surface area contributed by atoms with E-state index in [1.165, 1.54) is 0 Å². The van der Waals surface area contributed by atoms with Crippen LogP contribution in [0.2, 0.25) is 0 Å². The smallest absolute Gasteiger partial charge is 0.0785 e. The van der Waals surface area contributed by atoms with E-state index >= 15 is 0 Å². The van der Waals surface area contributed by atoms with Crippen LogP contribution >= 0.6 is 0 Å². The van der Waals surface area contributed by atoms with E-state index in [0.717, 1.165) is 25.7 Å². The summed E-state index contributed by atoms with van der Waals surface area (Å²) in [5.74, 6) is 0. The van der Waals surface area contributed by atoms with Crippen molar-refractivity contribution in [1.82, 2.24) is 0 Å². The predicted molar refractivity (Wildman–Crippen MR) is 57.2 cm³/mol. The summed E-state index contributed by atoms with van der Waals surface area (Å²) in [6.07, 6.45) is 9.74. The van der Waals surface area contributed by atoms with Crippen LogP contribution in [0.25, 0.3) is 0 Å². The summed E-state index contributed by atoms with van der Waals surface area (Å²) in [4.78, 5) is 0. The number of nitrogens with zero attached hydrogens (tertiary/aromatic N) is 1. The predicted octanol–water partition coefficient (Wildman–Crippen LogP) is 3.84. The first kappa shape index (κ1) is 12.0. The van der Waals surface area contributed by atoms with Gasteiger partial charge in [0.1, 0.15) is 0 Å². The van der Waals surface area contributed by atoms with Crippen LogP contribution in [0, 0.1) is 16.7 Å². The van der Waals surface area contributed by atoms with Crippen LogP contribution in [0.15, 0.2) is 24.8 Å². The lowest BCUT2D eigenvalue weighted by Gasteiger charge is -2.19. The molecule has 0 aliphatic rings. The van der Waals surface area contributed by atoms with Gasteiger partial charge in [-0.1, -0.05) is 38.5 Å². The first-order chi connectivity index (χ1) is 6.24. The summed E-state index contributed by atoms with van der Waals surface area (Å²) in [5.41, 5.74) is -0.333. The van der Waals surface area contributed by atoms with Gasteiger partial charge in [0.05, 0.1) is 11.5 Å². The fourth-order valence-corrected chi connectivity index (χ4v) is 1.34. The zero-order chi connectivity index (χ0) is 10.2. The Morgan fingerprint density at radius 3 is 2.46 bits per heavy atom. The van der Waals surface area contributed by atoms with Gasteiger partial charge in [-0.2, -0.15) is 5.26 Å². The normalized spacial score (nSPS) is 15.2. The second kappa shape index (κ2) is 6.48. The highest BCUT2D eigenvalue weighted by Crippen LogP contribution is 2.29. The Balaban J connectivity index is 4.31. The molecule has 1 nitrogen and oxygen atoms in total. The Morgan fingerprint density at radius 2 is 2.08 bits per heavy atom. The van der Waals surface area contributed by atoms with Gasteiger partial charge in [-0.25, -0.2) is 0 Å². The van der Waals surface area contributed by atoms with Gasteiger partial charge in [0.2, 0.25) is 0 Å². The molecule has 0 aromatic rings. The lowest BCUT2D eigenvalue weighted by molar-refractivity contribution is 0.463. The van der Waals surface area contributed by atoms with Crippen molar-refractivity contribution in [2.24, 2.45) is 5.41 Å². The molecule has 0 radical (unpaired) electrons. The fraction of sp³-hybridized carbons (Fsp3) is 0.583. The van der Waals surface area contributed by atoms with E-state index in [9.17, 15) is 0 Å². The molecule has 0 N–H and O–H groups in total. The molecule has 0 aliphatic heterocycles. The zero-order valence-corrected chi connectivity index (χ0v) is 8.71. The quantitative estimate of drug-likeness (QED) is 0.565. The maximum atomic E-state index is 9.05. The van der Waals surface area contributed by atoms with Gasteiger partial charge in [0, 0.05) is 0 Å². The molecule has 0 aliphatic carbocycles. The van der Waals surface area contributed by atoms with Crippen LogP contribution in [0.3, 0.4) is 0 Å². The molecule has 0 spiro atoms. The van der Waals surface area contributed by atoms with Gasteiger partial charge in [-0.3, -0.25) is 0 Å². The molecule has 1 unspecified atom stereocenters. The number of hydrogen-bond donors (Lipinski definition) is 0. The molecule has 1 atom stereocenters. The Kier molecular flexibility index (Phi) is 5.97. The van der Waals surface area contributed by atoms with E-state index in [1.807, 2.05) is 0 Å². The van der Waals surface area contributed by atoms with Crippen molar-refractivity contribution in [3.63, 3.8) is 0 Å². The lowest BCUT2D eigenvalue weighted by atomic mass is 9.82. The van der Waals surface area contributed by atoms with Crippen LogP contribution in [0.5, 0.6) is 0 Å². The first-order valence-corrected chi connectivity index (χ1v) is 4.94. The molecule has 0 rings (SSSR count). The molecular weight excluding hydrogens is 158 g/mol. The van der Waals surface area contributed by atoms with Crippen molar-refractivity contribution in [2.45, 2.75) is 39.5 Å². The van der Waals surface area contributed by atoms with E-state index in [1.54, 1.807) is 6.08 Å². The average molecular weight is 177 g/mol. The van der Waals surface area contributed by atoms with E-state index in [2.05, 4.69) is 38.6 Å². The van der Waals surface area contributed by atoms with Crippen molar-refractivity contribution >= 4 is 0 Å². The minimum atomic E-state index is -0.333. The third kappa shape index (κ3) is 3.94. The number of allylic oxidation sites excluding steroid dienone is 3. The van der Waals surface area contributed by atoms with E-state index in [-0.39, 0.29) is 5.41 Å². The second-order valence-electron chi connectivity index (χ2n) is 3.31. The SMILES string of the molecule is C=CC(C#N)(CC=CCC)CCC. The van der Waals surface area contributed by atoms with E-state index < -0.39 is 0 Å². The summed E-state index contributed by atoms with van der Waals surface area (Å²) in [7, 11) is 0. The molecule has 0 saturated heterocycles. The lowest BCUT2D eigenvalue weighted by Crippen LogP contribution is -2.13. The molecule has 1 heteroatoms. The minimum Gasteiger partial charge on any atom is -0.197 e. The third-order valence-corrected chi connectivity index (χ3v) is 2.19. The fourth-order valence-electron chi connectivity index (χ4n) is 1.34. The molecular formula is C12H19N. The minimum absolute atomic E-state index is 0.333. The van der Waals surface area contributed by atoms with Gasteiger partial charge in [-0.15, -0.1) is 6.58 Å². The van der Waals surface area contributed by atoms with E-state index in [4.69, 9.17) is 5.26 Å². The molecule has 0 fully saturated rings. The summed E-state index contributed by atoms with van der Waals surface area (Å²) in [5, 5.41) is 9.05. The summed E-state index contributed by atoms with van der Waals surface area (Å²) in [6.45, 7) is 7.94. The number of rotatable bonds is 6. The highest BCUT2D eigenvalue weighted by atomic mass is 14.3. The Bertz CT molecular complexity index is 210. The molecule has 0 aromatic carbocycles. The van der Waals surface area contributed by atoms with Crippen LogP contribution in [0.4, 0.5) is 0 Å². The molecule has 13 heavy (non-hydrogen) atoms. The molecule has 0 aromatic heterocycles. The number of hydrogen-bond acceptors (Lipinski definition) is 1. The standard InChI is InChI=1S/C12H19N/c1-4-7-8-10-12(6-3,11-13)9-5-2/h6-8H,3-5,9-10H2,1-2H3. The molecule has 0 bridgehead atoms. The largest absolute Gasteiger partial charge is 0.197 e. The first-order valence-electron chi connectivity index (χ1n) is 4.94. The van der Waals surface area contributed by atoms with Gasteiger partial charge >= 0.3 is 0 Å². The van der Waals surface area contributed by atoms with Crippen molar-refractivity contribution < 1.29 is 0 Å². The van der Waals surface area contributed by atoms with Gasteiger partial charge in [-0.05, 0) is 19.3 Å². The summed E-state index contributed by atoms with van der Waals surface area (Å²) in [6, 6.07) is 2.36. The highest BCUT2D eigenvalue weighted by molar-refractivity contribution is 5.12. The summed E-state index contributed by atoms with van der Waals surface area (Å²) >= 11 is 0. The topological polar surface area (TPSA) is 23.8 Å². The Morgan fingerprint density at radius 1 is 1.38 bits per heavy atom. The zero-order valence-electron chi connectivity index (χ0n) is 8.71.